The molecule has 0 atom stereocenters. The van der Waals surface area contributed by atoms with Gasteiger partial charge >= 0.3 is 11.9 Å². The summed E-state index contributed by atoms with van der Waals surface area (Å²) in [7, 11) is 2.18. The van der Waals surface area contributed by atoms with E-state index in [-0.39, 0.29) is 5.78 Å². The average Bonchev–Trinajstić information content (AvgIpc) is 3.15. The summed E-state index contributed by atoms with van der Waals surface area (Å²) in [6, 6.07) is 10.4. The van der Waals surface area contributed by atoms with Crippen LogP contribution in [0.25, 0.3) is 5.57 Å². The van der Waals surface area contributed by atoms with Gasteiger partial charge < -0.3 is 15.1 Å². The lowest BCUT2D eigenvalue weighted by molar-refractivity contribution is -0.134. The molecular weight excluding hydrogens is 402 g/mol. The molecule has 2 aliphatic rings. The quantitative estimate of drug-likeness (QED) is 0.712. The normalized spacial score (nSPS) is 16.4. The van der Waals surface area contributed by atoms with Gasteiger partial charge in [-0.2, -0.15) is 0 Å². The predicted octanol–water partition coefficient (Wildman–Crippen LogP) is 3.73. The molecule has 1 aliphatic carbocycles. The van der Waals surface area contributed by atoms with Gasteiger partial charge in [0.25, 0.3) is 0 Å². The van der Waals surface area contributed by atoms with Crippen molar-refractivity contribution >= 4 is 34.6 Å². The maximum atomic E-state index is 12.6. The highest BCUT2D eigenvalue weighted by Crippen LogP contribution is 2.40. The second kappa shape index (κ2) is 9.65. The van der Waals surface area contributed by atoms with Crippen molar-refractivity contribution in [3.8, 4) is 0 Å². The van der Waals surface area contributed by atoms with Crippen LogP contribution in [0.1, 0.15) is 39.2 Å². The number of Topliss-reactive ketones (excluding diaryl/α,β-unsaturated/α-hetero) is 1. The van der Waals surface area contributed by atoms with Crippen molar-refractivity contribution < 1.29 is 24.6 Å². The number of carboxylic acid groups (broad SMARTS) is 2. The topological polar surface area (TPSA) is 94.9 Å². The largest absolute Gasteiger partial charge is 0.478 e. The molecule has 6 nitrogen and oxygen atoms in total. The van der Waals surface area contributed by atoms with Gasteiger partial charge in [0.1, 0.15) is 0 Å². The van der Waals surface area contributed by atoms with Gasteiger partial charge in [-0.05, 0) is 48.0 Å². The van der Waals surface area contributed by atoms with Crippen molar-refractivity contribution in [1.82, 2.24) is 4.90 Å². The Kier molecular flexibility index (Phi) is 6.97. The lowest BCUT2D eigenvalue weighted by Crippen LogP contribution is -2.26. The number of fused-ring (bicyclic) bond motifs is 2. The minimum atomic E-state index is -1.26. The Hall–Kier alpha value is -3.03. The molecule has 0 radical (unpaired) electrons. The molecule has 2 aromatic rings. The SMILES string of the molecule is CN1CCC(=C2c3ccccc3CC(=O)c3ccsc32)CC1.O=C(O)/C=C/C(=O)O. The Morgan fingerprint density at radius 3 is 2.27 bits per heavy atom. The predicted molar refractivity (Wildman–Crippen MR) is 116 cm³/mol. The van der Waals surface area contributed by atoms with Crippen LogP contribution in [0, 0.1) is 0 Å². The second-order valence-electron chi connectivity index (χ2n) is 7.21. The van der Waals surface area contributed by atoms with E-state index in [9.17, 15) is 14.4 Å². The number of benzene rings is 1. The van der Waals surface area contributed by atoms with Gasteiger partial charge in [0.15, 0.2) is 5.78 Å². The zero-order chi connectivity index (χ0) is 21.7. The van der Waals surface area contributed by atoms with E-state index in [1.54, 1.807) is 11.3 Å². The van der Waals surface area contributed by atoms with Crippen molar-refractivity contribution in [3.63, 3.8) is 0 Å². The third kappa shape index (κ3) is 5.11. The van der Waals surface area contributed by atoms with Crippen LogP contribution in [0.15, 0.2) is 53.4 Å². The number of aliphatic carboxylic acids is 2. The molecule has 0 saturated carbocycles. The Morgan fingerprint density at radius 2 is 1.63 bits per heavy atom. The zero-order valence-corrected chi connectivity index (χ0v) is 17.4. The maximum Gasteiger partial charge on any atom is 0.328 e. The number of likely N-dealkylation sites (tertiary alicyclic amines) is 1. The number of hydrogen-bond donors (Lipinski definition) is 2. The Morgan fingerprint density at radius 1 is 1.00 bits per heavy atom. The number of thiophene rings is 1. The summed E-state index contributed by atoms with van der Waals surface area (Å²) in [5.41, 5.74) is 6.24. The number of nitrogens with zero attached hydrogens (tertiary/aromatic N) is 1. The van der Waals surface area contributed by atoms with E-state index in [1.807, 2.05) is 12.1 Å². The van der Waals surface area contributed by atoms with Crippen molar-refractivity contribution in [3.05, 3.63) is 75.0 Å². The first-order valence-corrected chi connectivity index (χ1v) is 10.5. The molecule has 1 aromatic heterocycles. The fourth-order valence-electron chi connectivity index (χ4n) is 3.66. The Labute approximate surface area is 178 Å². The van der Waals surface area contributed by atoms with Crippen molar-refractivity contribution in [2.24, 2.45) is 0 Å². The molecular formula is C23H23NO5S. The molecule has 7 heteroatoms. The number of carbonyl (C=O) groups is 3. The van der Waals surface area contributed by atoms with Gasteiger partial charge in [-0.15, -0.1) is 11.3 Å². The highest BCUT2D eigenvalue weighted by Gasteiger charge is 2.27. The summed E-state index contributed by atoms with van der Waals surface area (Å²) in [4.78, 5) is 35.3. The fourth-order valence-corrected chi connectivity index (χ4v) is 4.68. The molecule has 4 rings (SSSR count). The molecule has 1 fully saturated rings. The van der Waals surface area contributed by atoms with E-state index < -0.39 is 11.9 Å². The van der Waals surface area contributed by atoms with E-state index in [4.69, 9.17) is 10.2 Å². The molecule has 0 spiro atoms. The van der Waals surface area contributed by atoms with E-state index in [0.29, 0.717) is 18.6 Å². The molecule has 2 N–H and O–H groups in total. The number of ketones is 1. The van der Waals surface area contributed by atoms with Crippen LogP contribution in [-0.2, 0) is 16.0 Å². The van der Waals surface area contributed by atoms with Crippen LogP contribution in [0.3, 0.4) is 0 Å². The van der Waals surface area contributed by atoms with E-state index in [2.05, 4.69) is 35.5 Å². The lowest BCUT2D eigenvalue weighted by Gasteiger charge is -2.26. The molecule has 0 amide bonds. The third-order valence-electron chi connectivity index (χ3n) is 5.14. The smallest absolute Gasteiger partial charge is 0.328 e. The number of carbonyl (C=O) groups excluding carboxylic acids is 1. The summed E-state index contributed by atoms with van der Waals surface area (Å²) in [6.07, 6.45) is 3.85. The van der Waals surface area contributed by atoms with Crippen molar-refractivity contribution in [1.29, 1.82) is 0 Å². The number of rotatable bonds is 2. The molecule has 2 heterocycles. The fraction of sp³-hybridized carbons (Fsp3) is 0.261. The first-order chi connectivity index (χ1) is 14.4. The summed E-state index contributed by atoms with van der Waals surface area (Å²) in [6.45, 7) is 2.21. The number of hydrogen-bond acceptors (Lipinski definition) is 5. The summed E-state index contributed by atoms with van der Waals surface area (Å²) < 4.78 is 0. The molecule has 156 valence electrons. The summed E-state index contributed by atoms with van der Waals surface area (Å²) in [5, 5.41) is 17.7. The van der Waals surface area contributed by atoms with E-state index in [1.165, 1.54) is 27.2 Å². The average molecular weight is 426 g/mol. The van der Waals surface area contributed by atoms with Crippen LogP contribution in [0.2, 0.25) is 0 Å². The molecule has 0 bridgehead atoms. The van der Waals surface area contributed by atoms with Gasteiger partial charge in [-0.25, -0.2) is 9.59 Å². The van der Waals surface area contributed by atoms with Crippen LogP contribution >= 0.6 is 11.3 Å². The summed E-state index contributed by atoms with van der Waals surface area (Å²) in [5.74, 6) is -2.26. The molecule has 30 heavy (non-hydrogen) atoms. The highest BCUT2D eigenvalue weighted by molar-refractivity contribution is 7.11. The van der Waals surface area contributed by atoms with Crippen LogP contribution in [0.5, 0.6) is 0 Å². The third-order valence-corrected chi connectivity index (χ3v) is 6.07. The monoisotopic (exact) mass is 425 g/mol. The Bertz CT molecular complexity index is 1010. The molecule has 1 aliphatic heterocycles. The summed E-state index contributed by atoms with van der Waals surface area (Å²) >= 11 is 1.72. The first-order valence-electron chi connectivity index (χ1n) is 9.60. The number of carboxylic acids is 2. The van der Waals surface area contributed by atoms with Gasteiger partial charge in [0.2, 0.25) is 0 Å². The Balaban J connectivity index is 0.000000275. The highest BCUT2D eigenvalue weighted by atomic mass is 32.1. The minimum absolute atomic E-state index is 0.257. The van der Waals surface area contributed by atoms with Gasteiger partial charge in [0.05, 0.1) is 0 Å². The zero-order valence-electron chi connectivity index (χ0n) is 16.6. The van der Waals surface area contributed by atoms with Gasteiger partial charge in [-0.1, -0.05) is 29.8 Å². The minimum Gasteiger partial charge on any atom is -0.478 e. The van der Waals surface area contributed by atoms with E-state index in [0.717, 1.165) is 31.5 Å². The van der Waals surface area contributed by atoms with Gasteiger partial charge in [0, 0.05) is 42.1 Å². The van der Waals surface area contributed by atoms with E-state index >= 15 is 0 Å². The molecule has 1 saturated heterocycles. The van der Waals surface area contributed by atoms with Crippen molar-refractivity contribution in [2.45, 2.75) is 19.3 Å². The van der Waals surface area contributed by atoms with Crippen LogP contribution < -0.4 is 0 Å². The van der Waals surface area contributed by atoms with Crippen molar-refractivity contribution in [2.75, 3.05) is 20.1 Å². The van der Waals surface area contributed by atoms with Gasteiger partial charge in [-0.3, -0.25) is 4.79 Å². The first kappa shape index (κ1) is 21.7. The molecule has 0 unspecified atom stereocenters. The maximum absolute atomic E-state index is 12.6. The lowest BCUT2D eigenvalue weighted by atomic mass is 9.90. The molecule has 1 aromatic carbocycles. The van der Waals surface area contributed by atoms with Crippen LogP contribution in [-0.4, -0.2) is 53.0 Å². The number of piperidine rings is 1. The standard InChI is InChI=1S/C19H19NOS.C4H4O4/c1-20-9-6-13(7-10-20)18-15-5-3-2-4-14(15)12-17(21)16-8-11-22-19(16)18;5-3(6)1-2-4(7)8/h2-5,8,11H,6-7,9-10,12H2,1H3;1-2H,(H,5,6)(H,7,8)/b;2-1+. The second-order valence-corrected chi connectivity index (χ2v) is 8.13. The van der Waals surface area contributed by atoms with Crippen LogP contribution in [0.4, 0.5) is 0 Å².